The van der Waals surface area contributed by atoms with Crippen LogP contribution in [-0.2, 0) is 19.6 Å². The summed E-state index contributed by atoms with van der Waals surface area (Å²) in [6.07, 6.45) is 3.47. The average Bonchev–Trinajstić information content (AvgIpc) is 2.55. The van der Waals surface area contributed by atoms with E-state index in [9.17, 15) is 13.2 Å². The number of nitrogens with zero attached hydrogens (tertiary/aromatic N) is 1. The first kappa shape index (κ1) is 17.5. The lowest BCUT2D eigenvalue weighted by Gasteiger charge is -2.22. The number of ether oxygens (including phenoxy) is 1. The van der Waals surface area contributed by atoms with Crippen LogP contribution in [0.15, 0.2) is 40.3 Å². The number of hydrogen-bond acceptors (Lipinski definition) is 5. The van der Waals surface area contributed by atoms with Gasteiger partial charge in [-0.15, -0.1) is 0 Å². The van der Waals surface area contributed by atoms with Crippen LogP contribution in [0.4, 0.5) is 0 Å². The van der Waals surface area contributed by atoms with Crippen molar-refractivity contribution < 1.29 is 17.9 Å². The second-order valence-electron chi connectivity index (χ2n) is 5.54. The summed E-state index contributed by atoms with van der Waals surface area (Å²) in [4.78, 5) is 13.9. The number of carbonyl (C=O) groups excluding carboxylic acids is 1. The van der Waals surface area contributed by atoms with Crippen molar-refractivity contribution in [1.29, 1.82) is 0 Å². The smallest absolute Gasteiger partial charge is 0.306 e. The van der Waals surface area contributed by atoms with Crippen molar-refractivity contribution in [2.75, 3.05) is 6.61 Å². The summed E-state index contributed by atoms with van der Waals surface area (Å²) in [5.74, 6) is 0.126. The Labute approximate surface area is 137 Å². The molecule has 1 fully saturated rings. The van der Waals surface area contributed by atoms with Crippen molar-refractivity contribution in [2.24, 2.45) is 11.0 Å². The zero-order valence-electron chi connectivity index (χ0n) is 13.2. The first-order valence-corrected chi connectivity index (χ1v) is 9.27. The number of nitrogens with one attached hydrogen (secondary N) is 1. The van der Waals surface area contributed by atoms with Gasteiger partial charge < -0.3 is 4.74 Å². The lowest BCUT2D eigenvalue weighted by atomic mass is 9.86. The van der Waals surface area contributed by atoms with Crippen molar-refractivity contribution in [2.45, 2.75) is 43.9 Å². The Balaban J connectivity index is 1.86. The highest BCUT2D eigenvalue weighted by Crippen LogP contribution is 2.25. The zero-order chi connectivity index (χ0) is 16.7. The maximum Gasteiger partial charge on any atom is 0.306 e. The van der Waals surface area contributed by atoms with E-state index in [4.69, 9.17) is 4.74 Å². The van der Waals surface area contributed by atoms with Crippen molar-refractivity contribution >= 4 is 21.7 Å². The monoisotopic (exact) mass is 338 g/mol. The van der Waals surface area contributed by atoms with Crippen LogP contribution in [0, 0.1) is 5.92 Å². The summed E-state index contributed by atoms with van der Waals surface area (Å²) in [6.45, 7) is 2.20. The van der Waals surface area contributed by atoms with Gasteiger partial charge in [-0.05, 0) is 50.7 Å². The Hall–Kier alpha value is -1.89. The van der Waals surface area contributed by atoms with Gasteiger partial charge in [0.25, 0.3) is 10.0 Å². The fourth-order valence-electron chi connectivity index (χ4n) is 2.56. The van der Waals surface area contributed by atoms with E-state index in [0.717, 1.165) is 18.6 Å². The third-order valence-corrected chi connectivity index (χ3v) is 5.04. The molecule has 0 unspecified atom stereocenters. The Morgan fingerprint density at radius 2 is 1.91 bits per heavy atom. The lowest BCUT2D eigenvalue weighted by Crippen LogP contribution is -2.23. The minimum atomic E-state index is -3.61. The van der Waals surface area contributed by atoms with Gasteiger partial charge in [0.1, 0.15) is 0 Å². The molecule has 0 saturated heterocycles. The quantitative estimate of drug-likeness (QED) is 0.638. The van der Waals surface area contributed by atoms with E-state index in [0.29, 0.717) is 31.8 Å². The predicted octanol–water partition coefficient (Wildman–Crippen LogP) is 2.46. The standard InChI is InChI=1S/C16H22N2O4S/c1-2-22-16(19)12-13-8-10-14(11-9-13)17-18-23(20,21)15-6-4-3-5-7-15/h3-7,13,18H,2,8-12H2,1H3. The highest BCUT2D eigenvalue weighted by Gasteiger charge is 2.21. The van der Waals surface area contributed by atoms with Crippen LogP contribution in [0.5, 0.6) is 0 Å². The molecule has 1 aromatic carbocycles. The predicted molar refractivity (Wildman–Crippen MR) is 87.4 cm³/mol. The molecule has 0 amide bonds. The van der Waals surface area contributed by atoms with E-state index in [1.807, 2.05) is 0 Å². The van der Waals surface area contributed by atoms with Gasteiger partial charge in [-0.3, -0.25) is 4.79 Å². The van der Waals surface area contributed by atoms with E-state index in [-0.39, 0.29) is 10.9 Å². The molecule has 1 aliphatic carbocycles. The van der Waals surface area contributed by atoms with E-state index >= 15 is 0 Å². The maximum atomic E-state index is 12.1. The van der Waals surface area contributed by atoms with Crippen LogP contribution in [0.3, 0.4) is 0 Å². The second kappa shape index (κ2) is 8.10. The molecule has 0 bridgehead atoms. The third kappa shape index (κ3) is 5.35. The third-order valence-electron chi connectivity index (χ3n) is 3.82. The maximum absolute atomic E-state index is 12.1. The van der Waals surface area contributed by atoms with Crippen LogP contribution in [0.2, 0.25) is 0 Å². The van der Waals surface area contributed by atoms with Gasteiger partial charge in [0.2, 0.25) is 0 Å². The van der Waals surface area contributed by atoms with Crippen LogP contribution in [0.1, 0.15) is 39.0 Å². The van der Waals surface area contributed by atoms with E-state index < -0.39 is 10.0 Å². The molecular formula is C16H22N2O4S. The molecule has 0 aromatic heterocycles. The van der Waals surface area contributed by atoms with E-state index in [1.165, 1.54) is 12.1 Å². The van der Waals surface area contributed by atoms with Gasteiger partial charge in [-0.25, -0.2) is 4.83 Å². The van der Waals surface area contributed by atoms with Crippen LogP contribution >= 0.6 is 0 Å². The molecular weight excluding hydrogens is 316 g/mol. The normalized spacial score (nSPS) is 18.3. The molecule has 1 N–H and O–H groups in total. The highest BCUT2D eigenvalue weighted by atomic mass is 32.2. The van der Waals surface area contributed by atoms with Crippen molar-refractivity contribution in [3.05, 3.63) is 30.3 Å². The van der Waals surface area contributed by atoms with Crippen molar-refractivity contribution in [1.82, 2.24) is 4.83 Å². The Morgan fingerprint density at radius 1 is 1.26 bits per heavy atom. The summed E-state index contributed by atoms with van der Waals surface area (Å²) in [5, 5.41) is 4.04. The summed E-state index contributed by atoms with van der Waals surface area (Å²) in [6, 6.07) is 8.15. The number of hydrazone groups is 1. The Kier molecular flexibility index (Phi) is 6.15. The summed E-state index contributed by atoms with van der Waals surface area (Å²) < 4.78 is 29.1. The number of carbonyl (C=O) groups is 1. The molecule has 1 aliphatic rings. The number of rotatable bonds is 6. The van der Waals surface area contributed by atoms with Gasteiger partial charge in [0.15, 0.2) is 0 Å². The summed E-state index contributed by atoms with van der Waals surface area (Å²) >= 11 is 0. The van der Waals surface area contributed by atoms with Gasteiger partial charge in [0, 0.05) is 12.1 Å². The molecule has 6 nitrogen and oxygen atoms in total. The molecule has 126 valence electrons. The fourth-order valence-corrected chi connectivity index (χ4v) is 3.43. The minimum Gasteiger partial charge on any atom is -0.466 e. The first-order chi connectivity index (χ1) is 11.0. The van der Waals surface area contributed by atoms with Crippen LogP contribution in [-0.4, -0.2) is 26.7 Å². The molecule has 0 aliphatic heterocycles. The average molecular weight is 338 g/mol. The molecule has 1 aromatic rings. The van der Waals surface area contributed by atoms with Gasteiger partial charge in [-0.1, -0.05) is 18.2 Å². The largest absolute Gasteiger partial charge is 0.466 e. The number of benzene rings is 1. The number of esters is 1. The highest BCUT2D eigenvalue weighted by molar-refractivity contribution is 7.89. The molecule has 2 rings (SSSR count). The second-order valence-corrected chi connectivity index (χ2v) is 7.20. The number of hydrogen-bond donors (Lipinski definition) is 1. The summed E-state index contributed by atoms with van der Waals surface area (Å²) in [7, 11) is -3.61. The van der Waals surface area contributed by atoms with Crippen molar-refractivity contribution in [3.8, 4) is 0 Å². The molecule has 0 spiro atoms. The summed E-state index contributed by atoms with van der Waals surface area (Å²) in [5.41, 5.74) is 0.824. The molecule has 1 saturated carbocycles. The molecule has 0 heterocycles. The fraction of sp³-hybridized carbons (Fsp3) is 0.500. The van der Waals surface area contributed by atoms with Crippen molar-refractivity contribution in [3.63, 3.8) is 0 Å². The SMILES string of the molecule is CCOC(=O)CC1CCC(=NNS(=O)(=O)c2ccccc2)CC1. The molecule has 23 heavy (non-hydrogen) atoms. The molecule has 7 heteroatoms. The van der Waals surface area contributed by atoms with Gasteiger partial charge in [-0.2, -0.15) is 13.5 Å². The van der Waals surface area contributed by atoms with Gasteiger partial charge >= 0.3 is 5.97 Å². The van der Waals surface area contributed by atoms with E-state index in [2.05, 4.69) is 9.93 Å². The van der Waals surface area contributed by atoms with Crippen LogP contribution < -0.4 is 4.83 Å². The first-order valence-electron chi connectivity index (χ1n) is 7.79. The minimum absolute atomic E-state index is 0.164. The molecule has 0 radical (unpaired) electrons. The molecule has 0 atom stereocenters. The topological polar surface area (TPSA) is 84.8 Å². The zero-order valence-corrected chi connectivity index (χ0v) is 14.0. The van der Waals surface area contributed by atoms with Gasteiger partial charge in [0.05, 0.1) is 11.5 Å². The number of sulfonamides is 1. The van der Waals surface area contributed by atoms with E-state index in [1.54, 1.807) is 25.1 Å². The lowest BCUT2D eigenvalue weighted by molar-refractivity contribution is -0.144. The Bertz CT molecular complexity index is 646. The Morgan fingerprint density at radius 3 is 2.52 bits per heavy atom. The van der Waals surface area contributed by atoms with Crippen LogP contribution in [0.25, 0.3) is 0 Å².